The van der Waals surface area contributed by atoms with Crippen LogP contribution in [0.1, 0.15) is 43.2 Å². The molecule has 2 amide bonds. The molecule has 1 aromatic heterocycles. The molecule has 186 valence electrons. The number of benzene rings is 2. The smallest absolute Gasteiger partial charge is 0.273 e. The number of aryl methyl sites for hydroxylation is 2. The summed E-state index contributed by atoms with van der Waals surface area (Å²) in [5.74, 6) is -0.917. The molecule has 9 nitrogen and oxygen atoms in total. The van der Waals surface area contributed by atoms with Gasteiger partial charge in [-0.25, -0.2) is 10.9 Å². The molecule has 0 radical (unpaired) electrons. The fourth-order valence-corrected chi connectivity index (χ4v) is 3.35. The van der Waals surface area contributed by atoms with Gasteiger partial charge in [-0.15, -0.1) is 0 Å². The SMILES string of the molecule is Cc1nc(C)c(C(=O)N/N=C/c2ccc(N(C)C)cc2)cc1C(=O)N/N=C/c1ccc(N(C)C)cc1. The van der Waals surface area contributed by atoms with Crippen molar-refractivity contribution >= 4 is 35.6 Å². The van der Waals surface area contributed by atoms with Crippen molar-refractivity contribution in [3.05, 3.63) is 88.2 Å². The second-order valence-corrected chi connectivity index (χ2v) is 8.62. The van der Waals surface area contributed by atoms with E-state index in [1.807, 2.05) is 86.5 Å². The Morgan fingerprint density at radius 2 is 1.06 bits per heavy atom. The molecule has 0 saturated heterocycles. The van der Waals surface area contributed by atoms with Crippen molar-refractivity contribution in [1.82, 2.24) is 15.8 Å². The lowest BCUT2D eigenvalue weighted by Gasteiger charge is -2.11. The zero-order chi connectivity index (χ0) is 26.2. The summed E-state index contributed by atoms with van der Waals surface area (Å²) in [4.78, 5) is 33.8. The Morgan fingerprint density at radius 3 is 1.39 bits per heavy atom. The maximum Gasteiger partial charge on any atom is 0.273 e. The first-order valence-corrected chi connectivity index (χ1v) is 11.4. The Kier molecular flexibility index (Phi) is 8.51. The Morgan fingerprint density at radius 1 is 0.694 bits per heavy atom. The summed E-state index contributed by atoms with van der Waals surface area (Å²) in [5.41, 5.74) is 10.3. The van der Waals surface area contributed by atoms with E-state index in [1.165, 1.54) is 6.07 Å². The summed E-state index contributed by atoms with van der Waals surface area (Å²) >= 11 is 0. The van der Waals surface area contributed by atoms with Crippen LogP contribution in [0.15, 0.2) is 64.8 Å². The maximum atomic E-state index is 12.7. The third-order valence-electron chi connectivity index (χ3n) is 5.47. The zero-order valence-electron chi connectivity index (χ0n) is 21.4. The average molecular weight is 486 g/mol. The van der Waals surface area contributed by atoms with Crippen LogP contribution >= 0.6 is 0 Å². The Hall–Kier alpha value is -4.53. The fraction of sp³-hybridized carbons (Fsp3) is 0.222. The second-order valence-electron chi connectivity index (χ2n) is 8.62. The highest BCUT2D eigenvalue weighted by molar-refractivity contribution is 6.01. The van der Waals surface area contributed by atoms with Gasteiger partial charge in [0, 0.05) is 39.6 Å². The van der Waals surface area contributed by atoms with Crippen molar-refractivity contribution < 1.29 is 9.59 Å². The molecule has 1 heterocycles. The van der Waals surface area contributed by atoms with E-state index in [0.717, 1.165) is 22.5 Å². The van der Waals surface area contributed by atoms with Crippen LogP contribution in [0.4, 0.5) is 11.4 Å². The first kappa shape index (κ1) is 26.1. The molecule has 3 rings (SSSR count). The molecule has 36 heavy (non-hydrogen) atoms. The number of nitrogens with zero attached hydrogens (tertiary/aromatic N) is 5. The van der Waals surface area contributed by atoms with Crippen molar-refractivity contribution in [2.45, 2.75) is 13.8 Å². The molecule has 2 N–H and O–H groups in total. The predicted octanol–water partition coefficient (Wildman–Crippen LogP) is 3.36. The van der Waals surface area contributed by atoms with Crippen molar-refractivity contribution in [2.75, 3.05) is 38.0 Å². The molecule has 0 atom stereocenters. The molecule has 0 spiro atoms. The van der Waals surface area contributed by atoms with Gasteiger partial charge in [0.2, 0.25) is 0 Å². The van der Waals surface area contributed by atoms with Crippen LogP contribution in [-0.4, -0.2) is 57.4 Å². The van der Waals surface area contributed by atoms with Gasteiger partial charge in [-0.2, -0.15) is 10.2 Å². The molecule has 0 saturated carbocycles. The number of anilines is 2. The zero-order valence-corrected chi connectivity index (χ0v) is 21.4. The van der Waals surface area contributed by atoms with E-state index in [9.17, 15) is 9.59 Å². The van der Waals surface area contributed by atoms with E-state index in [1.54, 1.807) is 26.3 Å². The van der Waals surface area contributed by atoms with E-state index >= 15 is 0 Å². The van der Waals surface area contributed by atoms with Crippen LogP contribution in [0.25, 0.3) is 0 Å². The number of rotatable bonds is 8. The molecule has 0 bridgehead atoms. The van der Waals surface area contributed by atoms with Crippen LogP contribution in [0.3, 0.4) is 0 Å². The number of carbonyl (C=O) groups is 2. The second kappa shape index (κ2) is 11.7. The highest BCUT2D eigenvalue weighted by Gasteiger charge is 2.17. The molecule has 0 unspecified atom stereocenters. The van der Waals surface area contributed by atoms with Gasteiger partial charge in [0.25, 0.3) is 11.8 Å². The number of pyridine rings is 1. The van der Waals surface area contributed by atoms with Crippen LogP contribution in [0.2, 0.25) is 0 Å². The van der Waals surface area contributed by atoms with E-state index in [4.69, 9.17) is 0 Å². The molecule has 0 aliphatic carbocycles. The van der Waals surface area contributed by atoms with E-state index in [2.05, 4.69) is 26.0 Å². The molecular weight excluding hydrogens is 454 g/mol. The summed E-state index contributed by atoms with van der Waals surface area (Å²) < 4.78 is 0. The van der Waals surface area contributed by atoms with E-state index in [0.29, 0.717) is 11.4 Å². The fourth-order valence-electron chi connectivity index (χ4n) is 3.35. The molecule has 0 aliphatic heterocycles. The highest BCUT2D eigenvalue weighted by Crippen LogP contribution is 2.14. The quantitative estimate of drug-likeness (QED) is 0.376. The van der Waals surface area contributed by atoms with Gasteiger partial charge < -0.3 is 9.80 Å². The average Bonchev–Trinajstić information content (AvgIpc) is 2.84. The van der Waals surface area contributed by atoms with Crippen LogP contribution in [0, 0.1) is 13.8 Å². The minimum absolute atomic E-state index is 0.258. The van der Waals surface area contributed by atoms with Gasteiger partial charge in [0.1, 0.15) is 0 Å². The number of amides is 2. The first-order valence-electron chi connectivity index (χ1n) is 11.4. The van der Waals surface area contributed by atoms with Gasteiger partial charge in [-0.3, -0.25) is 14.6 Å². The highest BCUT2D eigenvalue weighted by atomic mass is 16.2. The van der Waals surface area contributed by atoms with Crippen LogP contribution in [0.5, 0.6) is 0 Å². The number of hydrogen-bond donors (Lipinski definition) is 2. The van der Waals surface area contributed by atoms with Crippen LogP contribution in [-0.2, 0) is 0 Å². The van der Waals surface area contributed by atoms with Gasteiger partial charge in [-0.05, 0) is 55.3 Å². The molecule has 9 heteroatoms. The molecule has 0 aliphatic rings. The summed E-state index contributed by atoms with van der Waals surface area (Å²) in [6, 6.07) is 17.0. The lowest BCUT2D eigenvalue weighted by molar-refractivity contribution is 0.0954. The third kappa shape index (κ3) is 6.75. The topological polar surface area (TPSA) is 102 Å². The summed E-state index contributed by atoms with van der Waals surface area (Å²) in [7, 11) is 7.86. The Bertz CT molecular complexity index is 1180. The minimum atomic E-state index is -0.459. The lowest BCUT2D eigenvalue weighted by Crippen LogP contribution is -2.23. The Labute approximate surface area is 211 Å². The van der Waals surface area contributed by atoms with Gasteiger partial charge in [0.15, 0.2) is 0 Å². The van der Waals surface area contributed by atoms with Gasteiger partial charge in [-0.1, -0.05) is 24.3 Å². The minimum Gasteiger partial charge on any atom is -0.378 e. The van der Waals surface area contributed by atoms with Gasteiger partial charge in [0.05, 0.1) is 34.9 Å². The van der Waals surface area contributed by atoms with E-state index in [-0.39, 0.29) is 11.1 Å². The largest absolute Gasteiger partial charge is 0.378 e. The Balaban J connectivity index is 1.66. The number of hydrogen-bond acceptors (Lipinski definition) is 7. The van der Waals surface area contributed by atoms with Crippen LogP contribution < -0.4 is 20.7 Å². The molecule has 2 aromatic carbocycles. The normalized spacial score (nSPS) is 11.1. The predicted molar refractivity (Wildman–Crippen MR) is 145 cm³/mol. The molecule has 0 fully saturated rings. The molecular formula is C27H31N7O2. The number of nitrogens with one attached hydrogen (secondary N) is 2. The number of aromatic nitrogens is 1. The summed E-state index contributed by atoms with van der Waals surface area (Å²) in [6.45, 7) is 3.42. The first-order chi connectivity index (χ1) is 17.2. The van der Waals surface area contributed by atoms with E-state index < -0.39 is 11.8 Å². The third-order valence-corrected chi connectivity index (χ3v) is 5.47. The van der Waals surface area contributed by atoms with Gasteiger partial charge >= 0.3 is 0 Å². The monoisotopic (exact) mass is 485 g/mol. The van der Waals surface area contributed by atoms with Crippen molar-refractivity contribution in [2.24, 2.45) is 10.2 Å². The molecule has 3 aromatic rings. The van der Waals surface area contributed by atoms with Crippen molar-refractivity contribution in [3.63, 3.8) is 0 Å². The number of carbonyl (C=O) groups excluding carboxylic acids is 2. The maximum absolute atomic E-state index is 12.7. The summed E-state index contributed by atoms with van der Waals surface area (Å²) in [5, 5.41) is 8.08. The van der Waals surface area contributed by atoms with Crippen molar-refractivity contribution in [1.29, 1.82) is 0 Å². The number of hydrazone groups is 2. The summed E-state index contributed by atoms with van der Waals surface area (Å²) in [6.07, 6.45) is 3.11. The lowest BCUT2D eigenvalue weighted by atomic mass is 10.1. The van der Waals surface area contributed by atoms with Crippen molar-refractivity contribution in [3.8, 4) is 0 Å². The standard InChI is InChI=1S/C27H31N7O2/c1-18-24(26(35)31-28-16-20-7-11-22(12-8-20)33(3)4)15-25(19(2)30-18)27(36)32-29-17-21-9-13-23(14-10-21)34(5)6/h7-17H,1-6H3,(H,31,35)(H,32,36)/b28-16+,29-17+.